The fraction of sp³-hybridized carbons (Fsp3) is 0.692. The van der Waals surface area contributed by atoms with E-state index in [0.717, 1.165) is 12.8 Å². The lowest BCUT2D eigenvalue weighted by Crippen LogP contribution is -2.12. The lowest BCUT2D eigenvalue weighted by Gasteiger charge is -2.12. The van der Waals surface area contributed by atoms with E-state index in [2.05, 4.69) is 18.2 Å². The molecule has 2 nitrogen and oxygen atoms in total. The maximum atomic E-state index is 5.11. The summed E-state index contributed by atoms with van der Waals surface area (Å²) in [4.78, 5) is 0. The lowest BCUT2D eigenvalue weighted by atomic mass is 10.1. The number of ether oxygens (including phenoxy) is 2. The highest BCUT2D eigenvalue weighted by atomic mass is 16.7. The van der Waals surface area contributed by atoms with Gasteiger partial charge in [0.15, 0.2) is 6.29 Å². The first-order chi connectivity index (χ1) is 7.35. The van der Waals surface area contributed by atoms with E-state index in [0.29, 0.717) is 0 Å². The van der Waals surface area contributed by atoms with Crippen LogP contribution < -0.4 is 0 Å². The minimum absolute atomic E-state index is 0.0245. The molecule has 0 radical (unpaired) electrons. The molecule has 0 atom stereocenters. The molecule has 2 heteroatoms. The van der Waals surface area contributed by atoms with Gasteiger partial charge in [0.05, 0.1) is 0 Å². The molecule has 0 aromatic heterocycles. The maximum absolute atomic E-state index is 5.11. The Bertz CT molecular complexity index is 169. The van der Waals surface area contributed by atoms with E-state index < -0.39 is 0 Å². The Morgan fingerprint density at radius 1 is 1.00 bits per heavy atom. The van der Waals surface area contributed by atoms with Crippen molar-refractivity contribution in [2.24, 2.45) is 0 Å². The molecular formula is C13H24O2. The molecule has 0 bridgehead atoms. The van der Waals surface area contributed by atoms with Crippen molar-refractivity contribution in [3.8, 4) is 0 Å². The van der Waals surface area contributed by atoms with Crippen molar-refractivity contribution in [3.05, 3.63) is 24.3 Å². The predicted octanol–water partition coefficient (Wildman–Crippen LogP) is 3.69. The first kappa shape index (κ1) is 14.4. The van der Waals surface area contributed by atoms with Crippen molar-refractivity contribution in [1.82, 2.24) is 0 Å². The van der Waals surface area contributed by atoms with Crippen LogP contribution in [0.5, 0.6) is 0 Å². The molecule has 0 saturated carbocycles. The Hall–Kier alpha value is -0.600. The average molecular weight is 212 g/mol. The summed E-state index contributed by atoms with van der Waals surface area (Å²) >= 11 is 0. The highest BCUT2D eigenvalue weighted by molar-refractivity contribution is 5.00. The molecule has 0 amide bonds. The molecule has 0 heterocycles. The van der Waals surface area contributed by atoms with Gasteiger partial charge in [-0.1, -0.05) is 30.7 Å². The average Bonchev–Trinajstić information content (AvgIpc) is 2.27. The number of hydrogen-bond acceptors (Lipinski definition) is 2. The molecular weight excluding hydrogens is 188 g/mol. The molecule has 0 N–H and O–H groups in total. The Morgan fingerprint density at radius 3 is 2.33 bits per heavy atom. The molecule has 0 spiro atoms. The molecule has 0 unspecified atom stereocenters. The summed E-state index contributed by atoms with van der Waals surface area (Å²) < 4.78 is 10.2. The van der Waals surface area contributed by atoms with Crippen LogP contribution in [0.25, 0.3) is 0 Å². The lowest BCUT2D eigenvalue weighted by molar-refractivity contribution is -0.107. The van der Waals surface area contributed by atoms with E-state index >= 15 is 0 Å². The summed E-state index contributed by atoms with van der Waals surface area (Å²) in [6, 6.07) is 0. The Balaban J connectivity index is 3.24. The molecule has 0 saturated heterocycles. The normalized spacial score (nSPS) is 12.3. The second-order valence-electron chi connectivity index (χ2n) is 3.49. The van der Waals surface area contributed by atoms with Gasteiger partial charge in [-0.05, 0) is 32.6 Å². The highest BCUT2D eigenvalue weighted by Crippen LogP contribution is 2.08. The zero-order valence-corrected chi connectivity index (χ0v) is 10.2. The Kier molecular flexibility index (Phi) is 11.0. The minimum atomic E-state index is -0.0245. The van der Waals surface area contributed by atoms with Gasteiger partial charge in [-0.3, -0.25) is 0 Å². The summed E-state index contributed by atoms with van der Waals surface area (Å²) in [5.41, 5.74) is 0. The fourth-order valence-corrected chi connectivity index (χ4v) is 1.37. The van der Waals surface area contributed by atoms with Crippen molar-refractivity contribution in [3.63, 3.8) is 0 Å². The van der Waals surface area contributed by atoms with Crippen molar-refractivity contribution >= 4 is 0 Å². The Labute approximate surface area is 94.0 Å². The molecule has 15 heavy (non-hydrogen) atoms. The van der Waals surface area contributed by atoms with Gasteiger partial charge in [0.1, 0.15) is 0 Å². The smallest absolute Gasteiger partial charge is 0.156 e. The SMILES string of the molecule is CC=CC=CCCCCCC(OC)OC. The zero-order chi connectivity index (χ0) is 11.4. The molecule has 0 rings (SSSR count). The van der Waals surface area contributed by atoms with Gasteiger partial charge < -0.3 is 9.47 Å². The molecule has 0 aliphatic carbocycles. The predicted molar refractivity (Wildman–Crippen MR) is 64.8 cm³/mol. The second kappa shape index (κ2) is 11.5. The Morgan fingerprint density at radius 2 is 1.73 bits per heavy atom. The van der Waals surface area contributed by atoms with Gasteiger partial charge >= 0.3 is 0 Å². The number of methoxy groups -OCH3 is 2. The van der Waals surface area contributed by atoms with Gasteiger partial charge in [0.2, 0.25) is 0 Å². The van der Waals surface area contributed by atoms with E-state index in [1.165, 1.54) is 19.3 Å². The van der Waals surface area contributed by atoms with Gasteiger partial charge in [-0.25, -0.2) is 0 Å². The fourth-order valence-electron chi connectivity index (χ4n) is 1.37. The van der Waals surface area contributed by atoms with Crippen LogP contribution in [0.4, 0.5) is 0 Å². The van der Waals surface area contributed by atoms with Crippen molar-refractivity contribution < 1.29 is 9.47 Å². The molecule has 0 aliphatic rings. The minimum Gasteiger partial charge on any atom is -0.356 e. The monoisotopic (exact) mass is 212 g/mol. The second-order valence-corrected chi connectivity index (χ2v) is 3.49. The molecule has 0 aromatic carbocycles. The highest BCUT2D eigenvalue weighted by Gasteiger charge is 2.02. The van der Waals surface area contributed by atoms with Crippen LogP contribution in [-0.4, -0.2) is 20.5 Å². The third kappa shape index (κ3) is 9.70. The van der Waals surface area contributed by atoms with Gasteiger partial charge in [0.25, 0.3) is 0 Å². The van der Waals surface area contributed by atoms with E-state index in [1.807, 2.05) is 13.0 Å². The van der Waals surface area contributed by atoms with Crippen LogP contribution in [0.3, 0.4) is 0 Å². The van der Waals surface area contributed by atoms with Crippen molar-refractivity contribution in [2.45, 2.75) is 45.3 Å². The van der Waals surface area contributed by atoms with Crippen molar-refractivity contribution in [2.75, 3.05) is 14.2 Å². The van der Waals surface area contributed by atoms with Gasteiger partial charge in [0, 0.05) is 14.2 Å². The van der Waals surface area contributed by atoms with E-state index in [-0.39, 0.29) is 6.29 Å². The molecule has 0 aromatic rings. The molecule has 88 valence electrons. The van der Waals surface area contributed by atoms with Crippen LogP contribution in [-0.2, 0) is 9.47 Å². The summed E-state index contributed by atoms with van der Waals surface area (Å²) in [6.07, 6.45) is 14.2. The van der Waals surface area contributed by atoms with Crippen LogP contribution in [0.2, 0.25) is 0 Å². The van der Waals surface area contributed by atoms with Crippen LogP contribution in [0.1, 0.15) is 39.0 Å². The number of unbranched alkanes of at least 4 members (excludes halogenated alkanes) is 3. The van der Waals surface area contributed by atoms with Gasteiger partial charge in [-0.2, -0.15) is 0 Å². The number of hydrogen-bond donors (Lipinski definition) is 0. The van der Waals surface area contributed by atoms with Crippen LogP contribution in [0.15, 0.2) is 24.3 Å². The third-order valence-corrected chi connectivity index (χ3v) is 2.28. The van der Waals surface area contributed by atoms with E-state index in [4.69, 9.17) is 9.47 Å². The first-order valence-corrected chi connectivity index (χ1v) is 5.68. The number of allylic oxidation sites excluding steroid dienone is 4. The van der Waals surface area contributed by atoms with Gasteiger partial charge in [-0.15, -0.1) is 0 Å². The van der Waals surface area contributed by atoms with E-state index in [9.17, 15) is 0 Å². The summed E-state index contributed by atoms with van der Waals surface area (Å²) in [7, 11) is 3.38. The third-order valence-electron chi connectivity index (χ3n) is 2.28. The molecule has 0 aliphatic heterocycles. The zero-order valence-electron chi connectivity index (χ0n) is 10.2. The van der Waals surface area contributed by atoms with Crippen molar-refractivity contribution in [1.29, 1.82) is 0 Å². The summed E-state index contributed by atoms with van der Waals surface area (Å²) in [5.74, 6) is 0. The standard InChI is InChI=1S/C13H24O2/c1-4-5-6-7-8-9-10-11-12-13(14-2)15-3/h4-7,13H,8-12H2,1-3H3. The quantitative estimate of drug-likeness (QED) is 0.330. The summed E-state index contributed by atoms with van der Waals surface area (Å²) in [5, 5.41) is 0. The van der Waals surface area contributed by atoms with Crippen LogP contribution in [0, 0.1) is 0 Å². The van der Waals surface area contributed by atoms with Crippen LogP contribution >= 0.6 is 0 Å². The summed E-state index contributed by atoms with van der Waals surface area (Å²) in [6.45, 7) is 2.03. The number of rotatable bonds is 9. The largest absolute Gasteiger partial charge is 0.356 e. The van der Waals surface area contributed by atoms with E-state index in [1.54, 1.807) is 14.2 Å². The maximum Gasteiger partial charge on any atom is 0.156 e. The topological polar surface area (TPSA) is 18.5 Å². The first-order valence-electron chi connectivity index (χ1n) is 5.68. The molecule has 0 fully saturated rings.